The summed E-state index contributed by atoms with van der Waals surface area (Å²) < 4.78 is 0. The molecule has 0 unspecified atom stereocenters. The summed E-state index contributed by atoms with van der Waals surface area (Å²) in [5.41, 5.74) is 23.2. The van der Waals surface area contributed by atoms with E-state index in [0.29, 0.717) is 0 Å². The molecule has 15 aromatic rings. The highest BCUT2D eigenvalue weighted by Crippen LogP contribution is 2.65. The zero-order chi connectivity index (χ0) is 56.0. The van der Waals surface area contributed by atoms with Crippen molar-refractivity contribution in [2.45, 2.75) is 5.41 Å². The van der Waals surface area contributed by atoms with E-state index in [0.717, 1.165) is 39.7 Å². The van der Waals surface area contributed by atoms with Crippen LogP contribution in [-0.4, -0.2) is 0 Å². The van der Waals surface area contributed by atoms with Gasteiger partial charge in [-0.05, 0) is 165 Å². The Kier molecular flexibility index (Phi) is 11.2. The van der Waals surface area contributed by atoms with Gasteiger partial charge in [0.05, 0.1) is 16.8 Å². The quantitative estimate of drug-likeness (QED) is 0.142. The molecule has 0 atom stereocenters. The van der Waals surface area contributed by atoms with Crippen LogP contribution < -0.4 is 9.80 Å². The molecular formula is C83H54N2. The molecule has 0 amide bonds. The fourth-order valence-electron chi connectivity index (χ4n) is 14.6. The van der Waals surface area contributed by atoms with Crippen LogP contribution in [0.5, 0.6) is 0 Å². The Morgan fingerprint density at radius 2 is 0.518 bits per heavy atom. The van der Waals surface area contributed by atoms with Gasteiger partial charge in [0, 0.05) is 33.5 Å². The van der Waals surface area contributed by atoms with Crippen molar-refractivity contribution in [3.8, 4) is 55.6 Å². The molecule has 17 rings (SSSR count). The minimum atomic E-state index is -0.578. The van der Waals surface area contributed by atoms with E-state index >= 15 is 0 Å². The number of fused-ring (bicyclic) bond motifs is 14. The van der Waals surface area contributed by atoms with Gasteiger partial charge in [-0.25, -0.2) is 0 Å². The normalized spacial score (nSPS) is 12.6. The zero-order valence-electron chi connectivity index (χ0n) is 46.6. The summed E-state index contributed by atoms with van der Waals surface area (Å²) in [5.74, 6) is 0. The largest absolute Gasteiger partial charge is 0.310 e. The number of hydrogen-bond acceptors (Lipinski definition) is 2. The van der Waals surface area contributed by atoms with Crippen LogP contribution in [0.25, 0.3) is 98.7 Å². The number of nitrogens with zero attached hydrogens (tertiary/aromatic N) is 2. The van der Waals surface area contributed by atoms with Gasteiger partial charge >= 0.3 is 0 Å². The lowest BCUT2D eigenvalue weighted by Gasteiger charge is -2.34. The predicted molar refractivity (Wildman–Crippen MR) is 358 cm³/mol. The summed E-state index contributed by atoms with van der Waals surface area (Å²) in [5, 5.41) is 9.62. The van der Waals surface area contributed by atoms with Gasteiger partial charge in [-0.15, -0.1) is 0 Å². The molecule has 0 fully saturated rings. The van der Waals surface area contributed by atoms with Crippen LogP contribution >= 0.6 is 0 Å². The first-order chi connectivity index (χ1) is 42.2. The first kappa shape index (κ1) is 48.6. The smallest absolute Gasteiger partial charge is 0.0731 e. The standard InChI is InChI=1S/C83H54N2/c1-5-28-66-55(20-1)24-15-35-68(66)59-44-48-62(49-45-59)84(80-42-17-26-57-22-3-7-30-70(57)80)64-52-61(72-37-19-38-76-75-34-11-14-41-79(75)83(82(72)76)77-39-12-9-32-73(77)74-33-10-13-40-78(74)83)53-65(54-64)85(81-43-18-27-58-23-4-8-31-71(58)81)63-50-46-60(47-51-63)69-36-16-25-56-21-2-6-29-67(56)69/h1-54H. The summed E-state index contributed by atoms with van der Waals surface area (Å²) in [4.78, 5) is 5.00. The van der Waals surface area contributed by atoms with Crippen LogP contribution in [0, 0.1) is 0 Å². The van der Waals surface area contributed by atoms with Gasteiger partial charge in [0.1, 0.15) is 0 Å². The van der Waals surface area contributed by atoms with Gasteiger partial charge in [-0.2, -0.15) is 0 Å². The van der Waals surface area contributed by atoms with Crippen LogP contribution in [0.1, 0.15) is 22.3 Å². The van der Waals surface area contributed by atoms with E-state index in [4.69, 9.17) is 0 Å². The third-order valence-electron chi connectivity index (χ3n) is 18.2. The van der Waals surface area contributed by atoms with Crippen molar-refractivity contribution < 1.29 is 0 Å². The maximum atomic E-state index is 2.50. The molecule has 0 heterocycles. The van der Waals surface area contributed by atoms with E-state index in [1.807, 2.05) is 0 Å². The average molecular weight is 1080 g/mol. The number of benzene rings is 15. The molecule has 15 aromatic carbocycles. The van der Waals surface area contributed by atoms with Crippen molar-refractivity contribution >= 4 is 77.2 Å². The lowest BCUT2D eigenvalue weighted by molar-refractivity contribution is 0.796. The highest BCUT2D eigenvalue weighted by molar-refractivity contribution is 6.05. The van der Waals surface area contributed by atoms with Gasteiger partial charge in [0.2, 0.25) is 0 Å². The maximum Gasteiger partial charge on any atom is 0.0731 e. The molecule has 2 heteroatoms. The molecule has 0 radical (unpaired) electrons. The van der Waals surface area contributed by atoms with Crippen molar-refractivity contribution in [3.05, 3.63) is 350 Å². The molecule has 0 N–H and O–H groups in total. The second-order valence-electron chi connectivity index (χ2n) is 22.7. The average Bonchev–Trinajstić information content (AvgIpc) is 1.67. The second kappa shape index (κ2) is 19.6. The van der Waals surface area contributed by atoms with Crippen LogP contribution in [0.4, 0.5) is 34.1 Å². The first-order valence-electron chi connectivity index (χ1n) is 29.5. The van der Waals surface area contributed by atoms with E-state index in [9.17, 15) is 0 Å². The van der Waals surface area contributed by atoms with Gasteiger partial charge in [-0.1, -0.05) is 273 Å². The van der Waals surface area contributed by atoms with Crippen molar-refractivity contribution in [1.29, 1.82) is 0 Å². The summed E-state index contributed by atoms with van der Waals surface area (Å²) in [6.45, 7) is 0. The summed E-state index contributed by atoms with van der Waals surface area (Å²) in [6, 6.07) is 122. The molecule has 0 saturated heterocycles. The van der Waals surface area contributed by atoms with Crippen molar-refractivity contribution in [2.75, 3.05) is 9.80 Å². The van der Waals surface area contributed by atoms with E-state index in [2.05, 4.69) is 337 Å². The molecule has 2 aliphatic rings. The van der Waals surface area contributed by atoms with Crippen LogP contribution in [0.3, 0.4) is 0 Å². The third-order valence-corrected chi connectivity index (χ3v) is 18.2. The highest BCUT2D eigenvalue weighted by atomic mass is 15.2. The molecule has 1 spiro atoms. The SMILES string of the molecule is c1ccc2c(c1)-c1ccccc1C21c2ccccc2-c2cccc(-c3cc(N(c4ccc(-c5cccc6ccccc56)cc4)c4cccc5ccccc45)cc(N(c4ccc(-c5cccc6ccccc56)cc4)c4cccc5ccccc45)c3)c21. The molecule has 2 nitrogen and oxygen atoms in total. The Hall–Kier alpha value is -11.1. The number of hydrogen-bond donors (Lipinski definition) is 0. The van der Waals surface area contributed by atoms with Gasteiger partial charge in [0.15, 0.2) is 0 Å². The Labute approximate surface area is 495 Å². The minimum Gasteiger partial charge on any atom is -0.310 e. The number of rotatable bonds is 9. The van der Waals surface area contributed by atoms with Crippen LogP contribution in [-0.2, 0) is 5.41 Å². The van der Waals surface area contributed by atoms with Gasteiger partial charge < -0.3 is 9.80 Å². The zero-order valence-corrected chi connectivity index (χ0v) is 46.6. The first-order valence-corrected chi connectivity index (χ1v) is 29.5. The van der Waals surface area contributed by atoms with E-state index in [1.165, 1.54) is 115 Å². The Morgan fingerprint density at radius 3 is 0.976 bits per heavy atom. The predicted octanol–water partition coefficient (Wildman–Crippen LogP) is 22.6. The third kappa shape index (κ3) is 7.59. The fraction of sp³-hybridized carbons (Fsp3) is 0.0120. The Balaban J connectivity index is 0.959. The van der Waals surface area contributed by atoms with E-state index < -0.39 is 5.41 Å². The summed E-state index contributed by atoms with van der Waals surface area (Å²) in [6.07, 6.45) is 0. The van der Waals surface area contributed by atoms with E-state index in [-0.39, 0.29) is 0 Å². The Morgan fingerprint density at radius 1 is 0.200 bits per heavy atom. The molecule has 0 aromatic heterocycles. The molecule has 2 aliphatic carbocycles. The topological polar surface area (TPSA) is 6.48 Å². The monoisotopic (exact) mass is 1080 g/mol. The molecule has 0 aliphatic heterocycles. The van der Waals surface area contributed by atoms with Crippen LogP contribution in [0.15, 0.2) is 328 Å². The molecular weight excluding hydrogens is 1020 g/mol. The molecule has 85 heavy (non-hydrogen) atoms. The van der Waals surface area contributed by atoms with Crippen molar-refractivity contribution in [1.82, 2.24) is 0 Å². The van der Waals surface area contributed by atoms with Crippen LogP contribution in [0.2, 0.25) is 0 Å². The Bertz CT molecular complexity index is 4840. The van der Waals surface area contributed by atoms with Crippen molar-refractivity contribution in [3.63, 3.8) is 0 Å². The van der Waals surface area contributed by atoms with Gasteiger partial charge in [0.25, 0.3) is 0 Å². The maximum absolute atomic E-state index is 2.50. The minimum absolute atomic E-state index is 0.578. The van der Waals surface area contributed by atoms with Crippen molar-refractivity contribution in [2.24, 2.45) is 0 Å². The second-order valence-corrected chi connectivity index (χ2v) is 22.7. The molecule has 0 saturated carbocycles. The summed E-state index contributed by atoms with van der Waals surface area (Å²) >= 11 is 0. The fourth-order valence-corrected chi connectivity index (χ4v) is 14.6. The highest BCUT2D eigenvalue weighted by Gasteiger charge is 2.52. The lowest BCUT2D eigenvalue weighted by atomic mass is 9.68. The van der Waals surface area contributed by atoms with Gasteiger partial charge in [-0.3, -0.25) is 0 Å². The van der Waals surface area contributed by atoms with E-state index in [1.54, 1.807) is 0 Å². The molecule has 396 valence electrons. The molecule has 0 bridgehead atoms. The lowest BCUT2D eigenvalue weighted by Crippen LogP contribution is -2.26. The summed E-state index contributed by atoms with van der Waals surface area (Å²) in [7, 11) is 0. The number of anilines is 6.